The summed E-state index contributed by atoms with van der Waals surface area (Å²) >= 11 is 0. The minimum Gasteiger partial charge on any atom is -0.453 e. The molecule has 4 atom stereocenters. The van der Waals surface area contributed by atoms with Gasteiger partial charge in [-0.15, -0.1) is 0 Å². The van der Waals surface area contributed by atoms with Crippen LogP contribution < -0.4 is 5.32 Å². The van der Waals surface area contributed by atoms with Crippen molar-refractivity contribution in [2.75, 3.05) is 26.7 Å². The van der Waals surface area contributed by atoms with Gasteiger partial charge in [0.1, 0.15) is 0 Å². The van der Waals surface area contributed by atoms with Gasteiger partial charge >= 0.3 is 6.09 Å². The van der Waals surface area contributed by atoms with E-state index in [2.05, 4.69) is 46.6 Å². The summed E-state index contributed by atoms with van der Waals surface area (Å²) in [6.07, 6.45) is 10.8. The third kappa shape index (κ3) is 2.98. The van der Waals surface area contributed by atoms with Crippen LogP contribution in [0.2, 0.25) is 0 Å². The van der Waals surface area contributed by atoms with E-state index in [4.69, 9.17) is 4.74 Å². The van der Waals surface area contributed by atoms with Crippen LogP contribution in [0.5, 0.6) is 0 Å². The Kier molecular flexibility index (Phi) is 4.27. The smallest absolute Gasteiger partial charge is 0.407 e. The number of hydrogen-bond acceptors (Lipinski definition) is 3. The highest BCUT2D eigenvalue weighted by molar-refractivity contribution is 5.68. The molecule has 1 aromatic carbocycles. The van der Waals surface area contributed by atoms with Gasteiger partial charge in [-0.25, -0.2) is 4.79 Å². The first-order chi connectivity index (χ1) is 13.2. The molecule has 1 spiro atoms. The molecular weight excluding hydrogens is 336 g/mol. The van der Waals surface area contributed by atoms with Crippen LogP contribution in [-0.2, 0) is 10.2 Å². The summed E-state index contributed by atoms with van der Waals surface area (Å²) in [6, 6.07) is 8.77. The van der Waals surface area contributed by atoms with Gasteiger partial charge in [-0.2, -0.15) is 0 Å². The number of carbonyl (C=O) groups is 1. The molecule has 2 bridgehead atoms. The Morgan fingerprint density at radius 2 is 2.04 bits per heavy atom. The highest BCUT2D eigenvalue weighted by Gasteiger charge is 2.46. The van der Waals surface area contributed by atoms with Crippen molar-refractivity contribution in [3.05, 3.63) is 47.5 Å². The third-order valence-corrected chi connectivity index (χ3v) is 7.70. The van der Waals surface area contributed by atoms with E-state index in [1.54, 1.807) is 0 Å². The molecule has 1 saturated heterocycles. The van der Waals surface area contributed by atoms with Crippen molar-refractivity contribution in [2.45, 2.75) is 43.6 Å². The Balaban J connectivity index is 1.27. The number of alkyl carbamates (subject to hydrolysis) is 1. The molecule has 4 aliphatic rings. The zero-order valence-corrected chi connectivity index (χ0v) is 16.2. The molecule has 1 amide bonds. The first kappa shape index (κ1) is 17.3. The lowest BCUT2D eigenvalue weighted by molar-refractivity contribution is 0.126. The number of nitrogens with zero attached hydrogens (tertiary/aromatic N) is 1. The van der Waals surface area contributed by atoms with Crippen molar-refractivity contribution in [3.8, 4) is 0 Å². The normalized spacial score (nSPS) is 33.4. The number of benzene rings is 1. The number of piperidine rings is 1. The topological polar surface area (TPSA) is 41.6 Å². The number of fused-ring (bicyclic) bond motifs is 4. The summed E-state index contributed by atoms with van der Waals surface area (Å²) in [7, 11) is 1.44. The van der Waals surface area contributed by atoms with Crippen LogP contribution in [0.4, 0.5) is 4.79 Å². The molecule has 1 saturated carbocycles. The van der Waals surface area contributed by atoms with Crippen molar-refractivity contribution >= 4 is 6.09 Å². The standard InChI is InChI=1S/C23H30N2O2/c1-27-22(26)24-21-14-23(20-5-3-2-4-19(20)21)8-10-25(11-9-23)15-18-13-16-6-7-17(18)12-16/h2-7,16-18,21H,8-15H2,1H3,(H,24,26)/t16-,17+,18+,21-/m0/s1. The molecule has 1 heterocycles. The number of nitrogens with one attached hydrogen (secondary N) is 1. The quantitative estimate of drug-likeness (QED) is 0.821. The second-order valence-electron chi connectivity index (χ2n) is 9.10. The molecule has 1 aromatic rings. The van der Waals surface area contributed by atoms with E-state index in [-0.39, 0.29) is 17.6 Å². The van der Waals surface area contributed by atoms with Gasteiger partial charge < -0.3 is 15.0 Å². The molecule has 1 N–H and O–H groups in total. The Hall–Kier alpha value is -1.81. The van der Waals surface area contributed by atoms with E-state index in [1.165, 1.54) is 63.6 Å². The number of rotatable bonds is 3. The predicted molar refractivity (Wildman–Crippen MR) is 106 cm³/mol. The zero-order valence-electron chi connectivity index (χ0n) is 16.2. The summed E-state index contributed by atoms with van der Waals surface area (Å²) in [6.45, 7) is 3.63. The van der Waals surface area contributed by atoms with Crippen molar-refractivity contribution in [1.82, 2.24) is 10.2 Å². The van der Waals surface area contributed by atoms with Gasteiger partial charge in [-0.05, 0) is 74.1 Å². The van der Waals surface area contributed by atoms with E-state index in [1.807, 2.05) is 0 Å². The van der Waals surface area contributed by atoms with Gasteiger partial charge in [0.15, 0.2) is 0 Å². The van der Waals surface area contributed by atoms with Crippen LogP contribution in [0, 0.1) is 17.8 Å². The lowest BCUT2D eigenvalue weighted by atomic mass is 9.73. The average molecular weight is 367 g/mol. The number of carbonyl (C=O) groups excluding carboxylic acids is 1. The molecular formula is C23H30N2O2. The van der Waals surface area contributed by atoms with Gasteiger partial charge in [0, 0.05) is 12.0 Å². The second-order valence-corrected chi connectivity index (χ2v) is 9.10. The predicted octanol–water partition coefficient (Wildman–Crippen LogP) is 4.03. The van der Waals surface area contributed by atoms with Crippen LogP contribution in [0.1, 0.15) is 49.3 Å². The first-order valence-electron chi connectivity index (χ1n) is 10.5. The maximum atomic E-state index is 11.8. The number of likely N-dealkylation sites (tertiary alicyclic amines) is 1. The van der Waals surface area contributed by atoms with Crippen molar-refractivity contribution in [3.63, 3.8) is 0 Å². The van der Waals surface area contributed by atoms with Gasteiger partial charge in [-0.1, -0.05) is 36.4 Å². The molecule has 0 unspecified atom stereocenters. The van der Waals surface area contributed by atoms with Gasteiger partial charge in [0.05, 0.1) is 13.2 Å². The fourth-order valence-electron chi connectivity index (χ4n) is 6.30. The van der Waals surface area contributed by atoms with Crippen molar-refractivity contribution < 1.29 is 9.53 Å². The summed E-state index contributed by atoms with van der Waals surface area (Å²) in [4.78, 5) is 14.5. The summed E-state index contributed by atoms with van der Waals surface area (Å²) in [5.41, 5.74) is 2.95. The molecule has 144 valence electrons. The molecule has 4 nitrogen and oxygen atoms in total. The molecule has 3 aliphatic carbocycles. The van der Waals surface area contributed by atoms with Gasteiger partial charge in [0.2, 0.25) is 0 Å². The maximum Gasteiger partial charge on any atom is 0.407 e. The molecule has 5 rings (SSSR count). The summed E-state index contributed by atoms with van der Waals surface area (Å²) in [5, 5.41) is 3.06. The molecule has 2 fully saturated rings. The van der Waals surface area contributed by atoms with Crippen LogP contribution in [0.15, 0.2) is 36.4 Å². The lowest BCUT2D eigenvalue weighted by Gasteiger charge is -2.41. The van der Waals surface area contributed by atoms with E-state index in [0.29, 0.717) is 0 Å². The minimum absolute atomic E-state index is 0.0795. The fraction of sp³-hybridized carbons (Fsp3) is 0.609. The molecule has 27 heavy (non-hydrogen) atoms. The van der Waals surface area contributed by atoms with Crippen LogP contribution in [-0.4, -0.2) is 37.7 Å². The van der Waals surface area contributed by atoms with Gasteiger partial charge in [-0.3, -0.25) is 0 Å². The van der Waals surface area contributed by atoms with Crippen LogP contribution in [0.3, 0.4) is 0 Å². The van der Waals surface area contributed by atoms with E-state index >= 15 is 0 Å². The number of ether oxygens (including phenoxy) is 1. The largest absolute Gasteiger partial charge is 0.453 e. The monoisotopic (exact) mass is 366 g/mol. The minimum atomic E-state index is -0.325. The Morgan fingerprint density at radius 3 is 2.74 bits per heavy atom. The van der Waals surface area contributed by atoms with E-state index in [0.717, 1.165) is 24.2 Å². The van der Waals surface area contributed by atoms with E-state index < -0.39 is 0 Å². The number of methoxy groups -OCH3 is 1. The lowest BCUT2D eigenvalue weighted by Crippen LogP contribution is -2.44. The summed E-state index contributed by atoms with van der Waals surface area (Å²) in [5.74, 6) is 2.58. The van der Waals surface area contributed by atoms with Crippen LogP contribution >= 0.6 is 0 Å². The van der Waals surface area contributed by atoms with E-state index in [9.17, 15) is 4.79 Å². The number of hydrogen-bond donors (Lipinski definition) is 1. The fourth-order valence-corrected chi connectivity index (χ4v) is 6.30. The molecule has 0 aromatic heterocycles. The highest BCUT2D eigenvalue weighted by Crippen LogP contribution is 2.51. The molecule has 4 heteroatoms. The van der Waals surface area contributed by atoms with Crippen LogP contribution in [0.25, 0.3) is 0 Å². The first-order valence-corrected chi connectivity index (χ1v) is 10.5. The highest BCUT2D eigenvalue weighted by atomic mass is 16.5. The molecule has 0 radical (unpaired) electrons. The maximum absolute atomic E-state index is 11.8. The number of amides is 1. The number of allylic oxidation sites excluding steroid dienone is 2. The SMILES string of the molecule is COC(=O)N[C@H]1CC2(CCN(C[C@H]3C[C@H]4C=C[C@@H]3C4)CC2)c2ccccc21. The Morgan fingerprint density at radius 1 is 1.22 bits per heavy atom. The molecule has 1 aliphatic heterocycles. The average Bonchev–Trinajstić information content (AvgIpc) is 3.39. The zero-order chi connectivity index (χ0) is 18.4. The Labute approximate surface area is 162 Å². The summed E-state index contributed by atoms with van der Waals surface area (Å²) < 4.78 is 4.85. The van der Waals surface area contributed by atoms with Gasteiger partial charge in [0.25, 0.3) is 0 Å². The third-order valence-electron chi connectivity index (χ3n) is 7.70. The van der Waals surface area contributed by atoms with Crippen molar-refractivity contribution in [2.24, 2.45) is 17.8 Å². The second kappa shape index (κ2) is 6.66. The Bertz CT molecular complexity index is 751. The van der Waals surface area contributed by atoms with Crippen molar-refractivity contribution in [1.29, 1.82) is 0 Å².